The molecule has 0 saturated heterocycles. The topological polar surface area (TPSA) is 57.3 Å². The second-order valence-corrected chi connectivity index (χ2v) is 7.25. The van der Waals surface area contributed by atoms with Gasteiger partial charge in [-0.25, -0.2) is 9.78 Å². The van der Waals surface area contributed by atoms with Gasteiger partial charge in [0.15, 0.2) is 5.13 Å². The molecule has 134 valence electrons. The number of thiazole rings is 1. The van der Waals surface area contributed by atoms with E-state index in [1.807, 2.05) is 74.8 Å². The van der Waals surface area contributed by atoms with Crippen molar-refractivity contribution < 1.29 is 4.79 Å². The van der Waals surface area contributed by atoms with E-state index >= 15 is 0 Å². The normalized spacial score (nSPS) is 12.0. The number of benzene rings is 2. The quantitative estimate of drug-likeness (QED) is 0.686. The van der Waals surface area contributed by atoms with Crippen LogP contribution in [0, 0.1) is 0 Å². The summed E-state index contributed by atoms with van der Waals surface area (Å²) in [6.45, 7) is 0.713. The van der Waals surface area contributed by atoms with E-state index in [1.165, 1.54) is 11.3 Å². The lowest BCUT2D eigenvalue weighted by atomic mass is 10.1. The largest absolute Gasteiger partial charge is 0.330 e. The lowest BCUT2D eigenvalue weighted by Crippen LogP contribution is -2.37. The summed E-state index contributed by atoms with van der Waals surface area (Å²) in [5, 5.41) is 6.46. The van der Waals surface area contributed by atoms with Crippen LogP contribution in [0.25, 0.3) is 10.4 Å². The summed E-state index contributed by atoms with van der Waals surface area (Å²) in [5.41, 5.74) is 2.16. The highest BCUT2D eigenvalue weighted by molar-refractivity contribution is 7.19. The first-order valence-electron chi connectivity index (χ1n) is 8.40. The highest BCUT2D eigenvalue weighted by Crippen LogP contribution is 2.28. The van der Waals surface area contributed by atoms with Crippen molar-refractivity contribution in [3.05, 3.63) is 72.4 Å². The molecule has 0 aliphatic heterocycles. The van der Waals surface area contributed by atoms with Gasteiger partial charge in [0.1, 0.15) is 0 Å². The van der Waals surface area contributed by atoms with Crippen LogP contribution in [-0.2, 0) is 0 Å². The van der Waals surface area contributed by atoms with Gasteiger partial charge < -0.3 is 10.2 Å². The summed E-state index contributed by atoms with van der Waals surface area (Å²) >= 11 is 1.46. The molecule has 0 spiro atoms. The molecule has 6 heteroatoms. The Morgan fingerprint density at radius 2 is 1.73 bits per heavy atom. The number of hydrogen-bond donors (Lipinski definition) is 2. The number of anilines is 1. The molecule has 5 nitrogen and oxygen atoms in total. The van der Waals surface area contributed by atoms with E-state index in [2.05, 4.69) is 20.5 Å². The van der Waals surface area contributed by atoms with Crippen LogP contribution in [0.3, 0.4) is 0 Å². The smallest absolute Gasteiger partial charge is 0.321 e. The molecule has 26 heavy (non-hydrogen) atoms. The first-order valence-corrected chi connectivity index (χ1v) is 9.22. The Morgan fingerprint density at radius 1 is 1.08 bits per heavy atom. The minimum Gasteiger partial charge on any atom is -0.330 e. The van der Waals surface area contributed by atoms with Crippen LogP contribution >= 0.6 is 11.3 Å². The van der Waals surface area contributed by atoms with Crippen LogP contribution < -0.4 is 10.6 Å². The number of carbonyl (C=O) groups is 1. The molecule has 2 amide bonds. The molecule has 1 unspecified atom stereocenters. The number of carbonyl (C=O) groups excluding carboxylic acids is 1. The molecule has 3 aromatic rings. The maximum atomic E-state index is 12.4. The number of hydrogen-bond acceptors (Lipinski definition) is 4. The van der Waals surface area contributed by atoms with Gasteiger partial charge in [0.2, 0.25) is 0 Å². The Bertz CT molecular complexity index is 833. The number of likely N-dealkylation sites (N-methyl/N-ethyl adjacent to an activating group) is 1. The number of nitrogens with zero attached hydrogens (tertiary/aromatic N) is 2. The van der Waals surface area contributed by atoms with Gasteiger partial charge in [-0.05, 0) is 25.2 Å². The summed E-state index contributed by atoms with van der Waals surface area (Å²) in [4.78, 5) is 19.8. The first kappa shape index (κ1) is 18.1. The van der Waals surface area contributed by atoms with Gasteiger partial charge in [-0.1, -0.05) is 72.0 Å². The molecule has 0 aliphatic carbocycles. The zero-order valence-electron chi connectivity index (χ0n) is 14.8. The Balaban J connectivity index is 1.66. The zero-order chi connectivity index (χ0) is 18.4. The fourth-order valence-corrected chi connectivity index (χ4v) is 3.46. The van der Waals surface area contributed by atoms with E-state index in [9.17, 15) is 4.79 Å². The van der Waals surface area contributed by atoms with Crippen molar-refractivity contribution in [2.24, 2.45) is 0 Å². The molecule has 3 rings (SSSR count). The molecule has 1 heterocycles. The Labute approximate surface area is 157 Å². The van der Waals surface area contributed by atoms with E-state index in [4.69, 9.17) is 0 Å². The Kier molecular flexibility index (Phi) is 5.99. The van der Waals surface area contributed by atoms with Crippen LogP contribution in [0.1, 0.15) is 11.6 Å². The van der Waals surface area contributed by atoms with Crippen molar-refractivity contribution in [2.75, 3.05) is 26.0 Å². The number of nitrogens with one attached hydrogen (secondary N) is 2. The van der Waals surface area contributed by atoms with Gasteiger partial charge >= 0.3 is 6.03 Å². The van der Waals surface area contributed by atoms with Crippen LogP contribution in [0.15, 0.2) is 66.9 Å². The van der Waals surface area contributed by atoms with E-state index in [1.54, 1.807) is 6.20 Å². The van der Waals surface area contributed by atoms with E-state index < -0.39 is 0 Å². The average molecular weight is 366 g/mol. The van der Waals surface area contributed by atoms with E-state index in [-0.39, 0.29) is 12.1 Å². The standard InChI is InChI=1S/C20H22N4OS/c1-24(2)14-17(15-9-5-3-6-10-15)22-19(25)23-20-21-13-18(26-20)16-11-7-4-8-12-16/h3-13,17H,14H2,1-2H3,(H2,21,22,23,25). The molecular formula is C20H22N4OS. The van der Waals surface area contributed by atoms with Gasteiger partial charge in [0.25, 0.3) is 0 Å². The third-order valence-corrected chi connectivity index (χ3v) is 4.80. The summed E-state index contributed by atoms with van der Waals surface area (Å²) in [6.07, 6.45) is 1.78. The Morgan fingerprint density at radius 3 is 2.38 bits per heavy atom. The van der Waals surface area contributed by atoms with Crippen LogP contribution in [0.5, 0.6) is 0 Å². The lowest BCUT2D eigenvalue weighted by Gasteiger charge is -2.22. The van der Waals surface area contributed by atoms with Crippen molar-refractivity contribution in [1.29, 1.82) is 0 Å². The van der Waals surface area contributed by atoms with Crippen molar-refractivity contribution in [1.82, 2.24) is 15.2 Å². The monoisotopic (exact) mass is 366 g/mol. The zero-order valence-corrected chi connectivity index (χ0v) is 15.7. The molecule has 1 atom stereocenters. The molecular weight excluding hydrogens is 344 g/mol. The van der Waals surface area contributed by atoms with Crippen molar-refractivity contribution >= 4 is 22.5 Å². The highest BCUT2D eigenvalue weighted by atomic mass is 32.1. The molecule has 1 aromatic heterocycles. The minimum absolute atomic E-state index is 0.0974. The van der Waals surface area contributed by atoms with Gasteiger partial charge in [-0.2, -0.15) is 0 Å². The van der Waals surface area contributed by atoms with Crippen molar-refractivity contribution in [3.63, 3.8) is 0 Å². The molecule has 2 aromatic carbocycles. The maximum Gasteiger partial charge on any atom is 0.321 e. The molecule has 0 aliphatic rings. The van der Waals surface area contributed by atoms with Crippen LogP contribution in [-0.4, -0.2) is 36.6 Å². The van der Waals surface area contributed by atoms with Crippen molar-refractivity contribution in [3.8, 4) is 10.4 Å². The molecule has 0 radical (unpaired) electrons. The fourth-order valence-electron chi connectivity index (χ4n) is 2.64. The third kappa shape index (κ3) is 4.91. The van der Waals surface area contributed by atoms with E-state index in [0.29, 0.717) is 11.7 Å². The predicted octanol–water partition coefficient (Wildman–Crippen LogP) is 4.23. The summed E-state index contributed by atoms with van der Waals surface area (Å²) in [5.74, 6) is 0. The number of aromatic nitrogens is 1. The third-order valence-electron chi connectivity index (χ3n) is 3.84. The summed E-state index contributed by atoms with van der Waals surface area (Å²) < 4.78 is 0. The predicted molar refractivity (Wildman–Crippen MR) is 107 cm³/mol. The minimum atomic E-state index is -0.255. The van der Waals surface area contributed by atoms with Gasteiger partial charge in [-0.15, -0.1) is 0 Å². The maximum absolute atomic E-state index is 12.4. The number of amides is 2. The Hall–Kier alpha value is -2.70. The van der Waals surface area contributed by atoms with Crippen LogP contribution in [0.4, 0.5) is 9.93 Å². The lowest BCUT2D eigenvalue weighted by molar-refractivity contribution is 0.244. The second kappa shape index (κ2) is 8.60. The first-order chi connectivity index (χ1) is 12.6. The molecule has 0 fully saturated rings. The molecule has 0 saturated carbocycles. The van der Waals surface area contributed by atoms with Crippen molar-refractivity contribution in [2.45, 2.75) is 6.04 Å². The number of urea groups is 1. The number of rotatable bonds is 6. The summed E-state index contributed by atoms with van der Waals surface area (Å²) in [6, 6.07) is 19.6. The summed E-state index contributed by atoms with van der Waals surface area (Å²) in [7, 11) is 3.98. The van der Waals surface area contributed by atoms with E-state index in [0.717, 1.165) is 16.0 Å². The highest BCUT2D eigenvalue weighted by Gasteiger charge is 2.16. The van der Waals surface area contributed by atoms with Crippen LogP contribution in [0.2, 0.25) is 0 Å². The SMILES string of the molecule is CN(C)CC(NC(=O)Nc1ncc(-c2ccccc2)s1)c1ccccc1. The fraction of sp³-hybridized carbons (Fsp3) is 0.200. The average Bonchev–Trinajstić information content (AvgIpc) is 3.10. The van der Waals surface area contributed by atoms with Gasteiger partial charge in [0.05, 0.1) is 10.9 Å². The van der Waals surface area contributed by atoms with Gasteiger partial charge in [-0.3, -0.25) is 5.32 Å². The molecule has 2 N–H and O–H groups in total. The molecule has 0 bridgehead atoms. The second-order valence-electron chi connectivity index (χ2n) is 6.22. The van der Waals surface area contributed by atoms with Gasteiger partial charge in [0, 0.05) is 12.7 Å².